The molecule has 0 saturated heterocycles. The maximum absolute atomic E-state index is 7.08. The second kappa shape index (κ2) is 3.82. The van der Waals surface area contributed by atoms with Gasteiger partial charge in [-0.25, -0.2) is 0 Å². The topological polar surface area (TPSA) is 102 Å². The maximum Gasteiger partial charge on any atom is 0.122 e. The van der Waals surface area contributed by atoms with Gasteiger partial charge in [-0.2, -0.15) is 0 Å². The van der Waals surface area contributed by atoms with E-state index >= 15 is 0 Å². The zero-order valence-electron chi connectivity index (χ0n) is 6.37. The van der Waals surface area contributed by atoms with Crippen LogP contribution in [0.15, 0.2) is 18.2 Å². The van der Waals surface area contributed by atoms with Crippen molar-refractivity contribution in [1.82, 2.24) is 0 Å². The van der Waals surface area contributed by atoms with Crippen molar-refractivity contribution in [2.75, 3.05) is 11.5 Å². The smallest absolute Gasteiger partial charge is 0.122 e. The Morgan fingerprint density at radius 1 is 1.17 bits per heavy atom. The summed E-state index contributed by atoms with van der Waals surface area (Å²) in [6.07, 6.45) is 0. The molecule has 12 heavy (non-hydrogen) atoms. The molecule has 0 aromatic heterocycles. The van der Waals surface area contributed by atoms with Gasteiger partial charge in [-0.1, -0.05) is 0 Å². The number of benzene rings is 1. The molecule has 0 heterocycles. The zero-order chi connectivity index (χ0) is 8.43. The first-order chi connectivity index (χ1) is 5.11. The van der Waals surface area contributed by atoms with Crippen LogP contribution in [-0.2, 0) is 0 Å². The highest BCUT2D eigenvalue weighted by molar-refractivity contribution is 5.96. The Balaban J connectivity index is 0.00000121. The summed E-state index contributed by atoms with van der Waals surface area (Å²) in [6, 6.07) is 4.87. The molecule has 0 bridgehead atoms. The molecule has 66 valence electrons. The summed E-state index contributed by atoms with van der Waals surface area (Å²) >= 11 is 0. The molecule has 4 nitrogen and oxygen atoms in total. The molecule has 0 amide bonds. The van der Waals surface area contributed by atoms with Crippen LogP contribution in [0.2, 0.25) is 0 Å². The lowest BCUT2D eigenvalue weighted by molar-refractivity contribution is 1.42. The fraction of sp³-hybridized carbons (Fsp3) is 0. The number of rotatable bonds is 1. The fourth-order valence-corrected chi connectivity index (χ4v) is 0.742. The SMILES string of the molecule is Cl.N=C(N)c1ccc(N)c(N)c1. The van der Waals surface area contributed by atoms with Gasteiger partial charge in [0.15, 0.2) is 0 Å². The summed E-state index contributed by atoms with van der Waals surface area (Å²) in [5.41, 5.74) is 17.7. The molecule has 1 aromatic carbocycles. The highest BCUT2D eigenvalue weighted by atomic mass is 35.5. The lowest BCUT2D eigenvalue weighted by Crippen LogP contribution is -2.11. The van der Waals surface area contributed by atoms with Gasteiger partial charge in [-0.15, -0.1) is 12.4 Å². The van der Waals surface area contributed by atoms with E-state index in [1.54, 1.807) is 18.2 Å². The molecule has 0 aliphatic rings. The van der Waals surface area contributed by atoms with E-state index in [1.165, 1.54) is 0 Å². The molecule has 0 radical (unpaired) electrons. The van der Waals surface area contributed by atoms with Crippen LogP contribution < -0.4 is 17.2 Å². The van der Waals surface area contributed by atoms with Crippen LogP contribution in [0.4, 0.5) is 11.4 Å². The van der Waals surface area contributed by atoms with E-state index in [-0.39, 0.29) is 18.2 Å². The lowest BCUT2D eigenvalue weighted by Gasteiger charge is -2.01. The molecular weight excluding hydrogens is 176 g/mol. The molecular formula is C7H11ClN4. The minimum atomic E-state index is -0.00306. The Bertz CT molecular complexity index is 297. The Kier molecular flexibility index (Phi) is 3.37. The first-order valence-corrected chi connectivity index (χ1v) is 3.10. The number of nitrogens with one attached hydrogen (secondary N) is 1. The summed E-state index contributed by atoms with van der Waals surface area (Å²) < 4.78 is 0. The molecule has 0 aliphatic heterocycles. The normalized spacial score (nSPS) is 8.67. The van der Waals surface area contributed by atoms with Crippen molar-refractivity contribution in [1.29, 1.82) is 5.41 Å². The fourth-order valence-electron chi connectivity index (χ4n) is 0.742. The molecule has 0 fully saturated rings. The average Bonchev–Trinajstić information content (AvgIpc) is 1.94. The van der Waals surface area contributed by atoms with Crippen LogP contribution >= 0.6 is 12.4 Å². The van der Waals surface area contributed by atoms with Crippen LogP contribution in [0, 0.1) is 5.41 Å². The van der Waals surface area contributed by atoms with Crippen molar-refractivity contribution in [2.24, 2.45) is 5.73 Å². The van der Waals surface area contributed by atoms with Gasteiger partial charge in [0, 0.05) is 5.56 Å². The van der Waals surface area contributed by atoms with Gasteiger partial charge in [-0.3, -0.25) is 5.41 Å². The summed E-state index contributed by atoms with van der Waals surface area (Å²) in [6.45, 7) is 0. The van der Waals surface area contributed by atoms with Crippen LogP contribution in [0.1, 0.15) is 5.56 Å². The number of hydrogen-bond donors (Lipinski definition) is 4. The Labute approximate surface area is 76.7 Å². The van der Waals surface area contributed by atoms with Crippen molar-refractivity contribution >= 4 is 29.6 Å². The van der Waals surface area contributed by atoms with Crippen molar-refractivity contribution in [3.8, 4) is 0 Å². The average molecular weight is 187 g/mol. The van der Waals surface area contributed by atoms with Gasteiger partial charge >= 0.3 is 0 Å². The highest BCUT2D eigenvalue weighted by Gasteiger charge is 1.98. The molecule has 0 aliphatic carbocycles. The monoisotopic (exact) mass is 186 g/mol. The standard InChI is InChI=1S/C7H10N4.ClH/c8-5-2-1-4(7(10)11)3-6(5)9;/h1-3H,8-9H2,(H3,10,11);1H. The van der Waals surface area contributed by atoms with E-state index < -0.39 is 0 Å². The molecule has 0 atom stereocenters. The predicted octanol–water partition coefficient (Wildman–Crippen LogP) is 0.557. The first-order valence-electron chi connectivity index (χ1n) is 3.10. The van der Waals surface area contributed by atoms with Crippen LogP contribution in [-0.4, -0.2) is 5.84 Å². The first kappa shape index (κ1) is 10.6. The Morgan fingerprint density at radius 3 is 2.17 bits per heavy atom. The number of nitrogen functional groups attached to an aromatic ring is 3. The highest BCUT2D eigenvalue weighted by Crippen LogP contribution is 2.15. The number of anilines is 2. The van der Waals surface area contributed by atoms with Crippen molar-refractivity contribution < 1.29 is 0 Å². The number of amidine groups is 1. The van der Waals surface area contributed by atoms with Crippen LogP contribution in [0.5, 0.6) is 0 Å². The van der Waals surface area contributed by atoms with Crippen LogP contribution in [0.25, 0.3) is 0 Å². The van der Waals surface area contributed by atoms with E-state index in [1.807, 2.05) is 0 Å². The molecule has 0 unspecified atom stereocenters. The summed E-state index contributed by atoms with van der Waals surface area (Å²) in [4.78, 5) is 0. The number of nitrogens with two attached hydrogens (primary N) is 3. The predicted molar refractivity (Wildman–Crippen MR) is 53.5 cm³/mol. The molecule has 1 rings (SSSR count). The van der Waals surface area contributed by atoms with Gasteiger partial charge in [0.25, 0.3) is 0 Å². The van der Waals surface area contributed by atoms with Gasteiger partial charge in [-0.05, 0) is 18.2 Å². The third kappa shape index (κ3) is 2.03. The third-order valence-electron chi connectivity index (χ3n) is 1.40. The van der Waals surface area contributed by atoms with Crippen molar-refractivity contribution in [3.05, 3.63) is 23.8 Å². The van der Waals surface area contributed by atoms with E-state index in [9.17, 15) is 0 Å². The Morgan fingerprint density at radius 2 is 1.75 bits per heavy atom. The minimum absolute atomic E-state index is 0. The molecule has 5 heteroatoms. The second-order valence-corrected chi connectivity index (χ2v) is 2.26. The lowest BCUT2D eigenvalue weighted by atomic mass is 10.1. The third-order valence-corrected chi connectivity index (χ3v) is 1.40. The molecule has 1 aromatic rings. The van der Waals surface area contributed by atoms with Gasteiger partial charge in [0.2, 0.25) is 0 Å². The number of halogens is 1. The zero-order valence-corrected chi connectivity index (χ0v) is 7.19. The quantitative estimate of drug-likeness (QED) is 0.293. The molecule has 0 spiro atoms. The van der Waals surface area contributed by atoms with E-state index in [0.717, 1.165) is 0 Å². The van der Waals surface area contributed by atoms with E-state index in [4.69, 9.17) is 22.6 Å². The van der Waals surface area contributed by atoms with Crippen LogP contribution in [0.3, 0.4) is 0 Å². The second-order valence-electron chi connectivity index (χ2n) is 2.26. The van der Waals surface area contributed by atoms with Gasteiger partial charge in [0.1, 0.15) is 5.84 Å². The molecule has 7 N–H and O–H groups in total. The largest absolute Gasteiger partial charge is 0.397 e. The Hall–Kier alpha value is -1.42. The van der Waals surface area contributed by atoms with Crippen molar-refractivity contribution in [2.45, 2.75) is 0 Å². The summed E-state index contributed by atoms with van der Waals surface area (Å²) in [7, 11) is 0. The molecule has 0 saturated carbocycles. The summed E-state index contributed by atoms with van der Waals surface area (Å²) in [5, 5.41) is 7.08. The van der Waals surface area contributed by atoms with Gasteiger partial charge in [0.05, 0.1) is 11.4 Å². The van der Waals surface area contributed by atoms with Crippen molar-refractivity contribution in [3.63, 3.8) is 0 Å². The van der Waals surface area contributed by atoms with E-state index in [0.29, 0.717) is 16.9 Å². The van der Waals surface area contributed by atoms with Gasteiger partial charge < -0.3 is 17.2 Å². The summed E-state index contributed by atoms with van der Waals surface area (Å²) in [5.74, 6) is -0.00306. The van der Waals surface area contributed by atoms with E-state index in [2.05, 4.69) is 0 Å². The number of hydrogen-bond acceptors (Lipinski definition) is 3. The minimum Gasteiger partial charge on any atom is -0.397 e. The maximum atomic E-state index is 7.08.